The van der Waals surface area contributed by atoms with E-state index in [2.05, 4.69) is 5.10 Å². The second-order valence-corrected chi connectivity index (χ2v) is 6.53. The summed E-state index contributed by atoms with van der Waals surface area (Å²) < 4.78 is 27.2. The number of hydrogen-bond donors (Lipinski definition) is 1. The molecule has 7 nitrogen and oxygen atoms in total. The molecule has 0 bridgehead atoms. The maximum Gasteiger partial charge on any atom is 0.324 e. The number of aromatic nitrogens is 2. The zero-order valence-corrected chi connectivity index (χ0v) is 12.5. The van der Waals surface area contributed by atoms with E-state index in [0.29, 0.717) is 5.02 Å². The molecule has 0 fully saturated rings. The minimum absolute atomic E-state index is 0.0915. The van der Waals surface area contributed by atoms with Crippen molar-refractivity contribution in [3.8, 4) is 0 Å². The van der Waals surface area contributed by atoms with Crippen LogP contribution >= 0.6 is 11.6 Å². The monoisotopic (exact) mass is 329 g/mol. The number of rotatable bonds is 5. The van der Waals surface area contributed by atoms with Crippen molar-refractivity contribution in [3.63, 3.8) is 0 Å². The summed E-state index contributed by atoms with van der Waals surface area (Å²) in [7, 11) is -2.47. The molecule has 0 saturated carbocycles. The summed E-state index contributed by atoms with van der Waals surface area (Å²) in [6, 6.07) is 5.98. The largest absolute Gasteiger partial charge is 0.480 e. The topological polar surface area (TPSA) is 92.5 Å². The lowest BCUT2D eigenvalue weighted by Crippen LogP contribution is -2.35. The molecule has 0 unspecified atom stereocenters. The molecule has 9 heteroatoms. The van der Waals surface area contributed by atoms with Crippen LogP contribution in [0.15, 0.2) is 41.6 Å². The lowest BCUT2D eigenvalue weighted by Gasteiger charge is -2.21. The van der Waals surface area contributed by atoms with Crippen LogP contribution in [0.5, 0.6) is 0 Å². The summed E-state index contributed by atoms with van der Waals surface area (Å²) in [6.07, 6.45) is 2.46. The Balaban J connectivity index is 2.52. The standard InChI is InChI=1S/C12H12ClN3O4S/c1-15-7-11(6-14-15)21(19,20)16(8-12(17)18)10-4-2-3-9(13)5-10/h2-7H,8H2,1H3,(H,17,18). The van der Waals surface area contributed by atoms with Gasteiger partial charge in [0.25, 0.3) is 10.0 Å². The molecule has 0 radical (unpaired) electrons. The average Bonchev–Trinajstić information content (AvgIpc) is 2.83. The van der Waals surface area contributed by atoms with Crippen LogP contribution in [0.3, 0.4) is 0 Å². The number of carboxylic acid groups (broad SMARTS) is 1. The van der Waals surface area contributed by atoms with E-state index in [9.17, 15) is 13.2 Å². The third-order valence-electron chi connectivity index (χ3n) is 2.64. The van der Waals surface area contributed by atoms with Crippen LogP contribution in [0.4, 0.5) is 5.69 Å². The van der Waals surface area contributed by atoms with Gasteiger partial charge in [0.1, 0.15) is 11.4 Å². The number of hydrogen-bond acceptors (Lipinski definition) is 4. The molecule has 2 rings (SSSR count). The minimum Gasteiger partial charge on any atom is -0.480 e. The van der Waals surface area contributed by atoms with Gasteiger partial charge in [-0.05, 0) is 18.2 Å². The zero-order valence-electron chi connectivity index (χ0n) is 11.0. The van der Waals surface area contributed by atoms with Crippen molar-refractivity contribution in [1.82, 2.24) is 9.78 Å². The average molecular weight is 330 g/mol. The van der Waals surface area contributed by atoms with Gasteiger partial charge in [0.05, 0.1) is 11.9 Å². The van der Waals surface area contributed by atoms with E-state index >= 15 is 0 Å². The molecule has 0 atom stereocenters. The second-order valence-electron chi connectivity index (χ2n) is 4.23. The van der Waals surface area contributed by atoms with Crippen LogP contribution in [0, 0.1) is 0 Å². The molecule has 21 heavy (non-hydrogen) atoms. The molecular weight excluding hydrogens is 318 g/mol. The highest BCUT2D eigenvalue weighted by molar-refractivity contribution is 7.92. The van der Waals surface area contributed by atoms with E-state index in [4.69, 9.17) is 16.7 Å². The second kappa shape index (κ2) is 5.74. The Morgan fingerprint density at radius 1 is 1.48 bits per heavy atom. The summed E-state index contributed by atoms with van der Waals surface area (Å²) in [6.45, 7) is -0.711. The quantitative estimate of drug-likeness (QED) is 0.894. The summed E-state index contributed by atoms with van der Waals surface area (Å²) in [5.41, 5.74) is 0.175. The Bertz CT molecular complexity index is 772. The smallest absolute Gasteiger partial charge is 0.324 e. The van der Waals surface area contributed by atoms with Gasteiger partial charge in [-0.15, -0.1) is 0 Å². The highest BCUT2D eigenvalue weighted by Crippen LogP contribution is 2.25. The first-order valence-corrected chi connectivity index (χ1v) is 7.61. The van der Waals surface area contributed by atoms with E-state index in [1.54, 1.807) is 19.2 Å². The molecular formula is C12H12ClN3O4S. The Labute approximate surface area is 126 Å². The van der Waals surface area contributed by atoms with Crippen LogP contribution in [-0.2, 0) is 21.9 Å². The molecule has 0 amide bonds. The number of sulfonamides is 1. The van der Waals surface area contributed by atoms with Gasteiger partial charge in [-0.1, -0.05) is 17.7 Å². The number of aliphatic carboxylic acids is 1. The van der Waals surface area contributed by atoms with Gasteiger partial charge in [0.2, 0.25) is 0 Å². The van der Waals surface area contributed by atoms with Crippen molar-refractivity contribution in [2.75, 3.05) is 10.8 Å². The van der Waals surface area contributed by atoms with Crippen LogP contribution in [0.2, 0.25) is 5.02 Å². The molecule has 0 aliphatic heterocycles. The van der Waals surface area contributed by atoms with Gasteiger partial charge in [-0.3, -0.25) is 13.8 Å². The van der Waals surface area contributed by atoms with Crippen molar-refractivity contribution < 1.29 is 18.3 Å². The van der Waals surface area contributed by atoms with E-state index < -0.39 is 22.5 Å². The summed E-state index contributed by atoms with van der Waals surface area (Å²) in [4.78, 5) is 10.9. The van der Waals surface area contributed by atoms with Gasteiger partial charge in [-0.2, -0.15) is 5.10 Å². The first-order valence-electron chi connectivity index (χ1n) is 5.79. The van der Waals surface area contributed by atoms with Crippen LogP contribution in [0.1, 0.15) is 0 Å². The first kappa shape index (κ1) is 15.3. The highest BCUT2D eigenvalue weighted by atomic mass is 35.5. The maximum atomic E-state index is 12.6. The third kappa shape index (κ3) is 3.34. The van der Waals surface area contributed by atoms with Crippen molar-refractivity contribution in [2.45, 2.75) is 4.90 Å². The lowest BCUT2D eigenvalue weighted by atomic mass is 10.3. The van der Waals surface area contributed by atoms with Crippen molar-refractivity contribution in [2.24, 2.45) is 7.05 Å². The molecule has 1 aromatic heterocycles. The fraction of sp³-hybridized carbons (Fsp3) is 0.167. The molecule has 1 N–H and O–H groups in total. The van der Waals surface area contributed by atoms with Crippen LogP contribution in [0.25, 0.3) is 0 Å². The van der Waals surface area contributed by atoms with Crippen molar-refractivity contribution >= 4 is 33.3 Å². The van der Waals surface area contributed by atoms with Gasteiger partial charge in [0, 0.05) is 18.3 Å². The molecule has 2 aromatic rings. The zero-order chi connectivity index (χ0) is 15.6. The predicted octanol–water partition coefficient (Wildman–Crippen LogP) is 1.35. The Morgan fingerprint density at radius 2 is 2.19 bits per heavy atom. The number of aryl methyl sites for hydroxylation is 1. The molecule has 0 aliphatic rings. The van der Waals surface area contributed by atoms with Gasteiger partial charge < -0.3 is 5.11 Å². The predicted molar refractivity (Wildman–Crippen MR) is 76.8 cm³/mol. The molecule has 0 saturated heterocycles. The van der Waals surface area contributed by atoms with Crippen LogP contribution in [-0.4, -0.2) is 35.8 Å². The number of anilines is 1. The highest BCUT2D eigenvalue weighted by Gasteiger charge is 2.28. The maximum absolute atomic E-state index is 12.6. The Hall–Kier alpha value is -2.06. The Kier molecular flexibility index (Phi) is 4.19. The van der Waals surface area contributed by atoms with E-state index in [0.717, 1.165) is 10.5 Å². The first-order chi connectivity index (χ1) is 9.80. The van der Waals surface area contributed by atoms with Gasteiger partial charge >= 0.3 is 5.97 Å². The molecule has 0 aliphatic carbocycles. The molecule has 1 heterocycles. The number of halogens is 1. The summed E-state index contributed by atoms with van der Waals surface area (Å²) in [5.74, 6) is -1.28. The fourth-order valence-electron chi connectivity index (χ4n) is 1.73. The van der Waals surface area contributed by atoms with Crippen LogP contribution < -0.4 is 4.31 Å². The van der Waals surface area contributed by atoms with Gasteiger partial charge in [0.15, 0.2) is 0 Å². The summed E-state index contributed by atoms with van der Waals surface area (Å²) >= 11 is 5.84. The number of benzene rings is 1. The van der Waals surface area contributed by atoms with E-state index in [1.807, 2.05) is 0 Å². The Morgan fingerprint density at radius 3 is 2.71 bits per heavy atom. The minimum atomic E-state index is -4.03. The summed E-state index contributed by atoms with van der Waals surface area (Å²) in [5, 5.41) is 13.1. The van der Waals surface area contributed by atoms with Gasteiger partial charge in [-0.25, -0.2) is 8.42 Å². The van der Waals surface area contributed by atoms with E-state index in [1.165, 1.54) is 23.0 Å². The fourth-order valence-corrected chi connectivity index (χ4v) is 3.30. The van der Waals surface area contributed by atoms with Crippen molar-refractivity contribution in [1.29, 1.82) is 0 Å². The number of carbonyl (C=O) groups is 1. The number of carboxylic acids is 1. The third-order valence-corrected chi connectivity index (χ3v) is 4.61. The SMILES string of the molecule is Cn1cc(S(=O)(=O)N(CC(=O)O)c2cccc(Cl)c2)cn1. The molecule has 0 spiro atoms. The molecule has 112 valence electrons. The normalized spacial score (nSPS) is 11.3. The number of nitrogens with zero attached hydrogens (tertiary/aromatic N) is 3. The van der Waals surface area contributed by atoms with Crippen molar-refractivity contribution in [3.05, 3.63) is 41.7 Å². The molecule has 1 aromatic carbocycles. The van der Waals surface area contributed by atoms with E-state index in [-0.39, 0.29) is 10.6 Å². The lowest BCUT2D eigenvalue weighted by molar-refractivity contribution is -0.135.